The molecule has 0 aliphatic heterocycles. The average Bonchev–Trinajstić information content (AvgIpc) is 2.93. The summed E-state index contributed by atoms with van der Waals surface area (Å²) in [4.78, 5) is 11.8. The summed E-state index contributed by atoms with van der Waals surface area (Å²) in [7, 11) is 0. The van der Waals surface area contributed by atoms with E-state index < -0.39 is 0 Å². The number of carbonyl (C=O) groups is 1. The zero-order valence-corrected chi connectivity index (χ0v) is 12.3. The maximum absolute atomic E-state index is 11.8. The summed E-state index contributed by atoms with van der Waals surface area (Å²) in [5, 5.41) is 11.5. The van der Waals surface area contributed by atoms with Gasteiger partial charge < -0.3 is 14.6 Å². The molecule has 0 amide bonds. The second-order valence-electron chi connectivity index (χ2n) is 5.23. The Morgan fingerprint density at radius 3 is 3.10 bits per heavy atom. The molecule has 6 nitrogen and oxygen atoms in total. The minimum absolute atomic E-state index is 0.0456. The fourth-order valence-corrected chi connectivity index (χ4v) is 2.76. The predicted molar refractivity (Wildman–Crippen MR) is 74.9 cm³/mol. The van der Waals surface area contributed by atoms with Gasteiger partial charge in [0.2, 0.25) is 0 Å². The van der Waals surface area contributed by atoms with Gasteiger partial charge in [0, 0.05) is 12.6 Å². The van der Waals surface area contributed by atoms with E-state index in [0.717, 1.165) is 38.1 Å². The molecule has 112 valence electrons. The van der Waals surface area contributed by atoms with Crippen molar-refractivity contribution in [3.05, 3.63) is 12.2 Å². The van der Waals surface area contributed by atoms with Crippen LogP contribution in [0, 0.1) is 5.92 Å². The summed E-state index contributed by atoms with van der Waals surface area (Å²) in [5.74, 6) is 0.951. The fourth-order valence-electron chi connectivity index (χ4n) is 2.76. The molecule has 1 aromatic rings. The lowest BCUT2D eigenvalue weighted by atomic mass is 9.86. The molecule has 0 radical (unpaired) electrons. The van der Waals surface area contributed by atoms with Crippen LogP contribution in [0.5, 0.6) is 0 Å². The maximum Gasteiger partial charge on any atom is 0.308 e. The molecule has 1 aliphatic carbocycles. The van der Waals surface area contributed by atoms with Crippen molar-refractivity contribution in [1.29, 1.82) is 0 Å². The van der Waals surface area contributed by atoms with Crippen LogP contribution in [0.3, 0.4) is 0 Å². The highest BCUT2D eigenvalue weighted by molar-refractivity contribution is 5.72. The lowest BCUT2D eigenvalue weighted by Crippen LogP contribution is -2.37. The van der Waals surface area contributed by atoms with Gasteiger partial charge in [0.1, 0.15) is 12.2 Å². The minimum Gasteiger partial charge on any atom is -0.466 e. The summed E-state index contributed by atoms with van der Waals surface area (Å²) in [5.41, 5.74) is 0. The normalized spacial score (nSPS) is 22.7. The summed E-state index contributed by atoms with van der Waals surface area (Å²) >= 11 is 0. The Hall–Kier alpha value is -1.43. The molecule has 1 fully saturated rings. The number of hydrogen-bond donors (Lipinski definition) is 1. The average molecular weight is 280 g/mol. The summed E-state index contributed by atoms with van der Waals surface area (Å²) < 4.78 is 7.15. The third-order valence-electron chi connectivity index (χ3n) is 3.88. The molecule has 1 aromatic heterocycles. The lowest BCUT2D eigenvalue weighted by molar-refractivity contribution is -0.149. The van der Waals surface area contributed by atoms with Crippen LogP contribution in [0.2, 0.25) is 0 Å². The van der Waals surface area contributed by atoms with Crippen LogP contribution in [0.1, 0.15) is 45.4 Å². The van der Waals surface area contributed by atoms with E-state index in [1.54, 1.807) is 6.33 Å². The van der Waals surface area contributed by atoms with Crippen LogP contribution in [0.15, 0.2) is 6.33 Å². The molecular weight excluding hydrogens is 256 g/mol. The lowest BCUT2D eigenvalue weighted by Gasteiger charge is -2.28. The van der Waals surface area contributed by atoms with Gasteiger partial charge in [-0.1, -0.05) is 6.42 Å². The van der Waals surface area contributed by atoms with Gasteiger partial charge in [-0.05, 0) is 33.1 Å². The van der Waals surface area contributed by atoms with Gasteiger partial charge in [0.25, 0.3) is 0 Å². The molecule has 1 heterocycles. The van der Waals surface area contributed by atoms with Crippen LogP contribution in [-0.4, -0.2) is 33.4 Å². The minimum atomic E-state index is -0.0456. The van der Waals surface area contributed by atoms with Gasteiger partial charge in [-0.15, -0.1) is 10.2 Å². The number of hydrogen-bond acceptors (Lipinski definition) is 5. The monoisotopic (exact) mass is 280 g/mol. The first-order valence-electron chi connectivity index (χ1n) is 7.51. The molecule has 0 aromatic carbocycles. The number of esters is 1. The Kier molecular flexibility index (Phi) is 5.52. The zero-order valence-electron chi connectivity index (χ0n) is 12.3. The van der Waals surface area contributed by atoms with E-state index >= 15 is 0 Å². The van der Waals surface area contributed by atoms with Crippen molar-refractivity contribution in [3.8, 4) is 0 Å². The van der Waals surface area contributed by atoms with Crippen LogP contribution in [-0.2, 0) is 22.6 Å². The Bertz CT molecular complexity index is 433. The highest BCUT2D eigenvalue weighted by Gasteiger charge is 2.28. The second-order valence-corrected chi connectivity index (χ2v) is 5.23. The Balaban J connectivity index is 1.82. The number of nitrogens with one attached hydrogen (secondary N) is 1. The molecule has 2 unspecified atom stereocenters. The van der Waals surface area contributed by atoms with Crippen molar-refractivity contribution in [1.82, 2.24) is 20.1 Å². The smallest absolute Gasteiger partial charge is 0.308 e. The number of aryl methyl sites for hydroxylation is 1. The quantitative estimate of drug-likeness (QED) is 0.800. The van der Waals surface area contributed by atoms with Crippen LogP contribution in [0.25, 0.3) is 0 Å². The highest BCUT2D eigenvalue weighted by atomic mass is 16.5. The van der Waals surface area contributed by atoms with E-state index in [0.29, 0.717) is 19.2 Å². The topological polar surface area (TPSA) is 69.0 Å². The Labute approximate surface area is 119 Å². The van der Waals surface area contributed by atoms with Gasteiger partial charge >= 0.3 is 5.97 Å². The van der Waals surface area contributed by atoms with Crippen molar-refractivity contribution < 1.29 is 9.53 Å². The molecule has 1 N–H and O–H groups in total. The Morgan fingerprint density at radius 1 is 1.50 bits per heavy atom. The molecule has 0 bridgehead atoms. The van der Waals surface area contributed by atoms with E-state index in [4.69, 9.17) is 4.74 Å². The van der Waals surface area contributed by atoms with E-state index in [9.17, 15) is 4.79 Å². The molecule has 2 rings (SSSR count). The summed E-state index contributed by atoms with van der Waals surface area (Å²) in [6.45, 7) is 5.97. The van der Waals surface area contributed by atoms with Gasteiger partial charge in [-0.2, -0.15) is 0 Å². The first-order valence-corrected chi connectivity index (χ1v) is 7.51. The highest BCUT2D eigenvalue weighted by Crippen LogP contribution is 2.25. The second kappa shape index (κ2) is 7.38. The molecule has 1 aliphatic rings. The SMILES string of the molecule is CCOC(=O)C1CCCC(NCc2nncn2CC)C1. The van der Waals surface area contributed by atoms with Crippen LogP contribution >= 0.6 is 0 Å². The zero-order chi connectivity index (χ0) is 14.4. The molecule has 0 saturated heterocycles. The van der Waals surface area contributed by atoms with Crippen molar-refractivity contribution in [2.45, 2.75) is 58.7 Å². The largest absolute Gasteiger partial charge is 0.466 e. The maximum atomic E-state index is 11.8. The first-order chi connectivity index (χ1) is 9.74. The van der Waals surface area contributed by atoms with Crippen LogP contribution in [0.4, 0.5) is 0 Å². The van der Waals surface area contributed by atoms with Gasteiger partial charge in [-0.3, -0.25) is 4.79 Å². The van der Waals surface area contributed by atoms with E-state index in [1.165, 1.54) is 0 Å². The van der Waals surface area contributed by atoms with Crippen molar-refractivity contribution >= 4 is 5.97 Å². The van der Waals surface area contributed by atoms with Gasteiger partial charge in [0.15, 0.2) is 0 Å². The Morgan fingerprint density at radius 2 is 2.35 bits per heavy atom. The third-order valence-corrected chi connectivity index (χ3v) is 3.88. The predicted octanol–water partition coefficient (Wildman–Crippen LogP) is 1.51. The van der Waals surface area contributed by atoms with Gasteiger partial charge in [0.05, 0.1) is 19.1 Å². The molecule has 6 heteroatoms. The molecular formula is C14H24N4O2. The first kappa shape index (κ1) is 15.0. The number of ether oxygens (including phenoxy) is 1. The number of nitrogens with zero attached hydrogens (tertiary/aromatic N) is 3. The number of rotatable bonds is 6. The molecule has 2 atom stereocenters. The molecule has 20 heavy (non-hydrogen) atoms. The number of carbonyl (C=O) groups excluding carboxylic acids is 1. The summed E-state index contributed by atoms with van der Waals surface area (Å²) in [6.07, 6.45) is 5.73. The number of aromatic nitrogens is 3. The molecule has 0 spiro atoms. The van der Waals surface area contributed by atoms with Crippen molar-refractivity contribution in [3.63, 3.8) is 0 Å². The van der Waals surface area contributed by atoms with Crippen molar-refractivity contribution in [2.75, 3.05) is 6.61 Å². The standard InChI is InChI=1S/C14H24N4O2/c1-3-18-10-16-17-13(18)9-15-12-7-5-6-11(8-12)14(19)20-4-2/h10-12,15H,3-9H2,1-2H3. The fraction of sp³-hybridized carbons (Fsp3) is 0.786. The molecule has 1 saturated carbocycles. The van der Waals surface area contributed by atoms with Gasteiger partial charge in [-0.25, -0.2) is 0 Å². The van der Waals surface area contributed by atoms with E-state index in [-0.39, 0.29) is 11.9 Å². The van der Waals surface area contributed by atoms with Crippen LogP contribution < -0.4 is 5.32 Å². The van der Waals surface area contributed by atoms with E-state index in [2.05, 4.69) is 22.4 Å². The summed E-state index contributed by atoms with van der Waals surface area (Å²) in [6, 6.07) is 0.361. The van der Waals surface area contributed by atoms with E-state index in [1.807, 2.05) is 11.5 Å². The third kappa shape index (κ3) is 3.79. The van der Waals surface area contributed by atoms with Crippen molar-refractivity contribution in [2.24, 2.45) is 5.92 Å².